The van der Waals surface area contributed by atoms with Crippen molar-refractivity contribution >= 4 is 0 Å². The summed E-state index contributed by atoms with van der Waals surface area (Å²) in [5.41, 5.74) is 0. The lowest BCUT2D eigenvalue weighted by molar-refractivity contribution is 0.0792. The summed E-state index contributed by atoms with van der Waals surface area (Å²) in [4.78, 5) is 5.55. The van der Waals surface area contributed by atoms with E-state index >= 15 is 0 Å². The highest BCUT2D eigenvalue weighted by Gasteiger charge is 2.37. The number of rotatable bonds is 5. The average Bonchev–Trinajstić information content (AvgIpc) is 2.82. The van der Waals surface area contributed by atoms with Crippen molar-refractivity contribution in [3.8, 4) is 0 Å². The topological polar surface area (TPSA) is 18.5 Å². The fourth-order valence-electron chi connectivity index (χ4n) is 4.49. The van der Waals surface area contributed by atoms with Crippen LogP contribution >= 0.6 is 0 Å². The van der Waals surface area contributed by atoms with Gasteiger partial charge in [0.05, 0.1) is 0 Å². The number of hydrogen-bond donors (Lipinski definition) is 1. The van der Waals surface area contributed by atoms with E-state index in [1.54, 1.807) is 0 Å². The monoisotopic (exact) mass is 265 g/mol. The van der Waals surface area contributed by atoms with Crippen molar-refractivity contribution in [1.82, 2.24) is 15.1 Å². The van der Waals surface area contributed by atoms with Gasteiger partial charge in [0.15, 0.2) is 0 Å². The molecule has 1 N–H and O–H groups in total. The third-order valence-corrected chi connectivity index (χ3v) is 5.53. The second-order valence-corrected chi connectivity index (χ2v) is 6.89. The molecule has 3 nitrogen and oxygen atoms in total. The minimum Gasteiger partial charge on any atom is -0.317 e. The third-order valence-electron chi connectivity index (χ3n) is 5.53. The average molecular weight is 265 g/mol. The van der Waals surface area contributed by atoms with Gasteiger partial charge in [-0.15, -0.1) is 0 Å². The van der Waals surface area contributed by atoms with E-state index in [1.807, 2.05) is 0 Å². The summed E-state index contributed by atoms with van der Waals surface area (Å²) in [6.45, 7) is 11.6. The summed E-state index contributed by atoms with van der Waals surface area (Å²) in [7, 11) is 0. The Morgan fingerprint density at radius 3 is 2.68 bits per heavy atom. The first-order chi connectivity index (χ1) is 9.36. The van der Waals surface area contributed by atoms with Crippen LogP contribution in [0.1, 0.15) is 39.0 Å². The van der Waals surface area contributed by atoms with Crippen molar-refractivity contribution in [2.45, 2.75) is 45.1 Å². The van der Waals surface area contributed by atoms with Crippen LogP contribution in [0, 0.1) is 11.8 Å². The summed E-state index contributed by atoms with van der Waals surface area (Å²) >= 11 is 0. The molecule has 0 amide bonds. The first kappa shape index (κ1) is 13.8. The summed E-state index contributed by atoms with van der Waals surface area (Å²) in [5, 5.41) is 3.50. The number of piperidine rings is 2. The maximum absolute atomic E-state index is 3.50. The van der Waals surface area contributed by atoms with Crippen LogP contribution < -0.4 is 5.32 Å². The van der Waals surface area contributed by atoms with Gasteiger partial charge in [-0.3, -0.25) is 4.90 Å². The van der Waals surface area contributed by atoms with E-state index < -0.39 is 0 Å². The lowest BCUT2D eigenvalue weighted by atomic mass is 9.90. The molecule has 2 bridgehead atoms. The fraction of sp³-hybridized carbons (Fsp3) is 1.00. The van der Waals surface area contributed by atoms with Crippen molar-refractivity contribution in [3.63, 3.8) is 0 Å². The Balaban J connectivity index is 1.59. The molecule has 110 valence electrons. The molecule has 3 rings (SSSR count). The van der Waals surface area contributed by atoms with Gasteiger partial charge in [0.1, 0.15) is 0 Å². The minimum atomic E-state index is 0.897. The lowest BCUT2D eigenvalue weighted by Crippen LogP contribution is -2.49. The van der Waals surface area contributed by atoms with Crippen molar-refractivity contribution in [2.75, 3.05) is 45.8 Å². The molecule has 0 aromatic carbocycles. The van der Waals surface area contributed by atoms with E-state index in [-0.39, 0.29) is 0 Å². The van der Waals surface area contributed by atoms with E-state index in [9.17, 15) is 0 Å². The van der Waals surface area contributed by atoms with E-state index in [1.165, 1.54) is 77.9 Å². The quantitative estimate of drug-likeness (QED) is 0.818. The minimum absolute atomic E-state index is 0.897. The normalized spacial score (nSPS) is 36.0. The number of hydrogen-bond acceptors (Lipinski definition) is 3. The highest BCUT2D eigenvalue weighted by atomic mass is 15.2. The van der Waals surface area contributed by atoms with Crippen molar-refractivity contribution in [2.24, 2.45) is 11.8 Å². The van der Waals surface area contributed by atoms with Crippen LogP contribution in [0.15, 0.2) is 0 Å². The van der Waals surface area contributed by atoms with E-state index in [4.69, 9.17) is 0 Å². The predicted molar refractivity (Wildman–Crippen MR) is 80.4 cm³/mol. The molecule has 3 aliphatic rings. The number of fused-ring (bicyclic) bond motifs is 2. The van der Waals surface area contributed by atoms with Gasteiger partial charge >= 0.3 is 0 Å². The summed E-state index contributed by atoms with van der Waals surface area (Å²) in [6, 6.07) is 0.897. The second kappa shape index (κ2) is 6.55. The molecular formula is C16H31N3. The molecule has 3 unspecified atom stereocenters. The fourth-order valence-corrected chi connectivity index (χ4v) is 4.49. The molecular weight excluding hydrogens is 234 g/mol. The van der Waals surface area contributed by atoms with E-state index in [0.717, 1.165) is 17.9 Å². The molecule has 0 saturated carbocycles. The molecule has 0 aliphatic carbocycles. The van der Waals surface area contributed by atoms with Crippen molar-refractivity contribution in [1.29, 1.82) is 0 Å². The van der Waals surface area contributed by atoms with Gasteiger partial charge in [0.2, 0.25) is 0 Å². The van der Waals surface area contributed by atoms with Gasteiger partial charge in [0, 0.05) is 19.1 Å². The van der Waals surface area contributed by atoms with Gasteiger partial charge in [-0.25, -0.2) is 0 Å². The van der Waals surface area contributed by atoms with Crippen LogP contribution in [-0.2, 0) is 0 Å². The maximum Gasteiger partial charge on any atom is 0.0148 e. The molecule has 0 aromatic heterocycles. The first-order valence-electron chi connectivity index (χ1n) is 8.54. The van der Waals surface area contributed by atoms with Crippen LogP contribution in [0.4, 0.5) is 0 Å². The van der Waals surface area contributed by atoms with Crippen LogP contribution in [0.5, 0.6) is 0 Å². The Bertz CT molecular complexity index is 275. The molecule has 0 aromatic rings. The molecule has 0 spiro atoms. The van der Waals surface area contributed by atoms with Crippen LogP contribution in [0.2, 0.25) is 0 Å². The highest BCUT2D eigenvalue weighted by Crippen LogP contribution is 2.31. The summed E-state index contributed by atoms with van der Waals surface area (Å²) in [5.74, 6) is 1.93. The smallest absolute Gasteiger partial charge is 0.0148 e. The molecule has 3 fully saturated rings. The van der Waals surface area contributed by atoms with Gasteiger partial charge in [-0.05, 0) is 76.7 Å². The Labute approximate surface area is 118 Å². The zero-order valence-electron chi connectivity index (χ0n) is 12.6. The Morgan fingerprint density at radius 1 is 1.11 bits per heavy atom. The third kappa shape index (κ3) is 3.32. The zero-order chi connectivity index (χ0) is 13.1. The largest absolute Gasteiger partial charge is 0.317 e. The van der Waals surface area contributed by atoms with E-state index in [2.05, 4.69) is 22.0 Å². The van der Waals surface area contributed by atoms with Gasteiger partial charge in [-0.1, -0.05) is 6.92 Å². The molecule has 3 aliphatic heterocycles. The summed E-state index contributed by atoms with van der Waals surface area (Å²) < 4.78 is 0. The van der Waals surface area contributed by atoms with E-state index in [0.29, 0.717) is 0 Å². The number of nitrogens with one attached hydrogen (secondary N) is 1. The number of nitrogens with zero attached hydrogens (tertiary/aromatic N) is 2. The molecule has 3 atom stereocenters. The maximum atomic E-state index is 3.50. The summed E-state index contributed by atoms with van der Waals surface area (Å²) in [6.07, 6.45) is 6.98. The molecule has 3 heteroatoms. The molecule has 0 radical (unpaired) electrons. The van der Waals surface area contributed by atoms with Gasteiger partial charge in [0.25, 0.3) is 0 Å². The van der Waals surface area contributed by atoms with Crippen molar-refractivity contribution in [3.05, 3.63) is 0 Å². The predicted octanol–water partition coefficient (Wildman–Crippen LogP) is 1.79. The Morgan fingerprint density at radius 2 is 1.89 bits per heavy atom. The zero-order valence-corrected chi connectivity index (χ0v) is 12.6. The standard InChI is InChI=1S/C16H31N3/c1-2-9-19(12-14-3-7-17-8-4-14)16-6-11-18-10-5-15(16)13-18/h14-17H,2-13H2,1H3. The lowest BCUT2D eigenvalue weighted by Gasteiger charge is -2.41. The van der Waals surface area contributed by atoms with Crippen LogP contribution in [0.25, 0.3) is 0 Å². The first-order valence-corrected chi connectivity index (χ1v) is 8.54. The second-order valence-electron chi connectivity index (χ2n) is 6.89. The highest BCUT2D eigenvalue weighted by molar-refractivity contribution is 4.92. The Kier molecular flexibility index (Phi) is 4.78. The van der Waals surface area contributed by atoms with Crippen molar-refractivity contribution < 1.29 is 0 Å². The molecule has 3 saturated heterocycles. The molecule has 19 heavy (non-hydrogen) atoms. The van der Waals surface area contributed by atoms with Crippen LogP contribution in [0.3, 0.4) is 0 Å². The van der Waals surface area contributed by atoms with Crippen LogP contribution in [-0.4, -0.2) is 61.7 Å². The Hall–Kier alpha value is -0.120. The SMILES string of the molecule is CCCN(CC1CCNCC1)C1CCN2CCC1C2. The van der Waals surface area contributed by atoms with Gasteiger partial charge in [-0.2, -0.15) is 0 Å². The molecule has 3 heterocycles. The van der Waals surface area contributed by atoms with Gasteiger partial charge < -0.3 is 10.2 Å².